The maximum atomic E-state index is 12.4. The first-order valence-electron chi connectivity index (χ1n) is 7.07. The number of rotatable bonds is 3. The Labute approximate surface area is 132 Å². The van der Waals surface area contributed by atoms with E-state index in [1.807, 2.05) is 18.2 Å². The van der Waals surface area contributed by atoms with Crippen molar-refractivity contribution < 1.29 is 14.3 Å². The number of aromatic nitrogens is 1. The second-order valence-corrected chi connectivity index (χ2v) is 4.98. The SMILES string of the molecule is CC(=O)Nc1ccc(OC(=O)c2cccc3cccnc23)cc1. The minimum Gasteiger partial charge on any atom is -0.423 e. The maximum Gasteiger partial charge on any atom is 0.345 e. The molecule has 0 saturated carbocycles. The fourth-order valence-electron chi connectivity index (χ4n) is 2.24. The molecule has 0 radical (unpaired) electrons. The number of para-hydroxylation sites is 1. The van der Waals surface area contributed by atoms with Gasteiger partial charge in [0, 0.05) is 24.2 Å². The van der Waals surface area contributed by atoms with Crippen LogP contribution in [-0.2, 0) is 4.79 Å². The number of ether oxygens (including phenoxy) is 1. The summed E-state index contributed by atoms with van der Waals surface area (Å²) in [5.41, 5.74) is 1.66. The average Bonchev–Trinajstić information content (AvgIpc) is 2.55. The molecule has 0 atom stereocenters. The molecule has 1 amide bonds. The van der Waals surface area contributed by atoms with Gasteiger partial charge in [-0.15, -0.1) is 0 Å². The van der Waals surface area contributed by atoms with Crippen molar-refractivity contribution in [2.24, 2.45) is 0 Å². The Balaban J connectivity index is 1.82. The molecule has 0 saturated heterocycles. The van der Waals surface area contributed by atoms with Crippen molar-refractivity contribution in [2.75, 3.05) is 5.32 Å². The third kappa shape index (κ3) is 3.35. The number of nitrogens with one attached hydrogen (secondary N) is 1. The van der Waals surface area contributed by atoms with E-state index in [1.165, 1.54) is 6.92 Å². The normalized spacial score (nSPS) is 10.3. The number of hydrogen-bond acceptors (Lipinski definition) is 4. The standard InChI is InChI=1S/C18H14N2O3/c1-12(21)20-14-7-9-15(10-8-14)23-18(22)16-6-2-4-13-5-3-11-19-17(13)16/h2-11H,1H3,(H,20,21). The highest BCUT2D eigenvalue weighted by Crippen LogP contribution is 2.20. The molecule has 0 aliphatic carbocycles. The van der Waals surface area contributed by atoms with Crippen LogP contribution in [0.25, 0.3) is 10.9 Å². The largest absolute Gasteiger partial charge is 0.423 e. The quantitative estimate of drug-likeness (QED) is 0.595. The molecule has 3 rings (SSSR count). The van der Waals surface area contributed by atoms with Crippen LogP contribution in [0.1, 0.15) is 17.3 Å². The van der Waals surface area contributed by atoms with Gasteiger partial charge in [0.25, 0.3) is 0 Å². The van der Waals surface area contributed by atoms with Crippen LogP contribution in [0.3, 0.4) is 0 Å². The van der Waals surface area contributed by atoms with Crippen LogP contribution in [0.15, 0.2) is 60.8 Å². The fraction of sp³-hybridized carbons (Fsp3) is 0.0556. The van der Waals surface area contributed by atoms with Gasteiger partial charge in [0.05, 0.1) is 11.1 Å². The second kappa shape index (κ2) is 6.27. The lowest BCUT2D eigenvalue weighted by molar-refractivity contribution is -0.114. The van der Waals surface area contributed by atoms with Crippen LogP contribution < -0.4 is 10.1 Å². The molecule has 1 N–H and O–H groups in total. The smallest absolute Gasteiger partial charge is 0.345 e. The van der Waals surface area contributed by atoms with Gasteiger partial charge in [0.1, 0.15) is 5.75 Å². The van der Waals surface area contributed by atoms with Gasteiger partial charge in [-0.05, 0) is 36.4 Å². The molecule has 1 heterocycles. The highest BCUT2D eigenvalue weighted by Gasteiger charge is 2.13. The minimum atomic E-state index is -0.471. The number of amides is 1. The van der Waals surface area contributed by atoms with Crippen molar-refractivity contribution in [2.45, 2.75) is 6.92 Å². The average molecular weight is 306 g/mol. The number of fused-ring (bicyclic) bond motifs is 1. The molecule has 2 aromatic carbocycles. The Hall–Kier alpha value is -3.21. The van der Waals surface area contributed by atoms with Crippen molar-refractivity contribution >= 4 is 28.5 Å². The molecule has 0 bridgehead atoms. The summed E-state index contributed by atoms with van der Waals surface area (Å²) in [6.45, 7) is 1.43. The third-order valence-electron chi connectivity index (χ3n) is 3.24. The van der Waals surface area contributed by atoms with Gasteiger partial charge in [0.15, 0.2) is 0 Å². The number of nitrogens with zero attached hydrogens (tertiary/aromatic N) is 1. The van der Waals surface area contributed by atoms with E-state index in [1.54, 1.807) is 42.6 Å². The van der Waals surface area contributed by atoms with Crippen LogP contribution in [0.4, 0.5) is 5.69 Å². The van der Waals surface area contributed by atoms with E-state index in [-0.39, 0.29) is 5.91 Å². The summed E-state index contributed by atoms with van der Waals surface area (Å²) in [4.78, 5) is 27.6. The first-order valence-corrected chi connectivity index (χ1v) is 7.07. The summed E-state index contributed by atoms with van der Waals surface area (Å²) in [6.07, 6.45) is 1.64. The van der Waals surface area contributed by atoms with E-state index < -0.39 is 5.97 Å². The predicted octanol–water partition coefficient (Wildman–Crippen LogP) is 3.41. The van der Waals surface area contributed by atoms with E-state index in [2.05, 4.69) is 10.3 Å². The molecule has 5 heteroatoms. The lowest BCUT2D eigenvalue weighted by atomic mass is 10.1. The highest BCUT2D eigenvalue weighted by molar-refractivity contribution is 6.03. The van der Waals surface area contributed by atoms with Crippen LogP contribution >= 0.6 is 0 Å². The van der Waals surface area contributed by atoms with E-state index in [0.717, 1.165) is 5.39 Å². The molecule has 0 aliphatic heterocycles. The zero-order chi connectivity index (χ0) is 16.2. The third-order valence-corrected chi connectivity index (χ3v) is 3.24. The fourth-order valence-corrected chi connectivity index (χ4v) is 2.24. The zero-order valence-corrected chi connectivity index (χ0v) is 12.4. The minimum absolute atomic E-state index is 0.156. The number of carbonyl (C=O) groups excluding carboxylic acids is 2. The lowest BCUT2D eigenvalue weighted by Gasteiger charge is -2.07. The van der Waals surface area contributed by atoms with Gasteiger partial charge in [-0.25, -0.2) is 4.79 Å². The zero-order valence-electron chi connectivity index (χ0n) is 12.4. The number of hydrogen-bond donors (Lipinski definition) is 1. The highest BCUT2D eigenvalue weighted by atomic mass is 16.5. The van der Waals surface area contributed by atoms with Crippen molar-refractivity contribution in [3.8, 4) is 5.75 Å². The van der Waals surface area contributed by atoms with Gasteiger partial charge in [-0.1, -0.05) is 18.2 Å². The van der Waals surface area contributed by atoms with Crippen LogP contribution in [0, 0.1) is 0 Å². The van der Waals surface area contributed by atoms with Crippen LogP contribution in [-0.4, -0.2) is 16.9 Å². The Bertz CT molecular complexity index is 868. The van der Waals surface area contributed by atoms with Crippen molar-refractivity contribution in [1.82, 2.24) is 4.98 Å². The first kappa shape index (κ1) is 14.7. The Morgan fingerprint density at radius 3 is 2.48 bits per heavy atom. The summed E-state index contributed by atoms with van der Waals surface area (Å²) in [7, 11) is 0. The number of pyridine rings is 1. The Morgan fingerprint density at radius 2 is 1.74 bits per heavy atom. The molecule has 3 aromatic rings. The summed E-state index contributed by atoms with van der Waals surface area (Å²) in [5.74, 6) is -0.227. The summed E-state index contributed by atoms with van der Waals surface area (Å²) in [5, 5.41) is 3.53. The van der Waals surface area contributed by atoms with Crippen LogP contribution in [0.2, 0.25) is 0 Å². The Kier molecular flexibility index (Phi) is 4.01. The summed E-state index contributed by atoms with van der Waals surface area (Å²) >= 11 is 0. The first-order chi connectivity index (χ1) is 11.1. The van der Waals surface area contributed by atoms with Crippen molar-refractivity contribution in [3.63, 3.8) is 0 Å². The molecular weight excluding hydrogens is 292 g/mol. The van der Waals surface area contributed by atoms with Gasteiger partial charge in [-0.2, -0.15) is 0 Å². The number of esters is 1. The Morgan fingerprint density at radius 1 is 1.00 bits per heavy atom. The lowest BCUT2D eigenvalue weighted by Crippen LogP contribution is -2.10. The van der Waals surface area contributed by atoms with Gasteiger partial charge in [-0.3, -0.25) is 9.78 Å². The maximum absolute atomic E-state index is 12.4. The van der Waals surface area contributed by atoms with Crippen molar-refractivity contribution in [1.29, 1.82) is 0 Å². The van der Waals surface area contributed by atoms with E-state index >= 15 is 0 Å². The number of carbonyl (C=O) groups is 2. The van der Waals surface area contributed by atoms with E-state index in [4.69, 9.17) is 4.74 Å². The predicted molar refractivity (Wildman–Crippen MR) is 87.4 cm³/mol. The molecule has 1 aromatic heterocycles. The topological polar surface area (TPSA) is 68.3 Å². The molecule has 0 unspecified atom stereocenters. The molecule has 114 valence electrons. The number of anilines is 1. The van der Waals surface area contributed by atoms with E-state index in [9.17, 15) is 9.59 Å². The molecule has 0 fully saturated rings. The van der Waals surface area contributed by atoms with Gasteiger partial charge >= 0.3 is 5.97 Å². The van der Waals surface area contributed by atoms with Gasteiger partial charge in [0.2, 0.25) is 5.91 Å². The molecule has 5 nitrogen and oxygen atoms in total. The second-order valence-electron chi connectivity index (χ2n) is 4.98. The van der Waals surface area contributed by atoms with Gasteiger partial charge < -0.3 is 10.1 Å². The summed E-state index contributed by atoms with van der Waals surface area (Å²) < 4.78 is 5.38. The van der Waals surface area contributed by atoms with Crippen LogP contribution in [0.5, 0.6) is 5.75 Å². The number of benzene rings is 2. The molecular formula is C18H14N2O3. The molecule has 0 spiro atoms. The molecule has 0 aliphatic rings. The van der Waals surface area contributed by atoms with E-state index in [0.29, 0.717) is 22.5 Å². The molecule has 23 heavy (non-hydrogen) atoms. The van der Waals surface area contributed by atoms with Crippen molar-refractivity contribution in [3.05, 3.63) is 66.4 Å². The summed E-state index contributed by atoms with van der Waals surface area (Å²) in [6, 6.07) is 15.7. The monoisotopic (exact) mass is 306 g/mol.